The third-order valence-electron chi connectivity index (χ3n) is 7.77. The zero-order chi connectivity index (χ0) is 21.4. The molecular weight excluding hydrogens is 390 g/mol. The predicted octanol–water partition coefficient (Wildman–Crippen LogP) is 3.56. The summed E-state index contributed by atoms with van der Waals surface area (Å²) in [6.45, 7) is 9.88. The minimum Gasteiger partial charge on any atom is -0.378 e. The molecule has 1 aliphatic carbocycles. The fourth-order valence-corrected chi connectivity index (χ4v) is 5.93. The molecule has 0 saturated carbocycles. The summed E-state index contributed by atoms with van der Waals surface area (Å²) >= 11 is 0. The minimum atomic E-state index is 0.210. The van der Waals surface area contributed by atoms with Crippen molar-refractivity contribution in [1.29, 1.82) is 0 Å². The van der Waals surface area contributed by atoms with Gasteiger partial charge in [0.15, 0.2) is 0 Å². The van der Waals surface area contributed by atoms with Crippen LogP contribution in [-0.4, -0.2) is 60.3 Å². The number of rotatable bonds is 4. The van der Waals surface area contributed by atoms with Gasteiger partial charge in [-0.25, -0.2) is 0 Å². The van der Waals surface area contributed by atoms with Crippen LogP contribution in [0.25, 0.3) is 0 Å². The molecule has 2 aromatic rings. The van der Waals surface area contributed by atoms with E-state index in [0.717, 1.165) is 63.4 Å². The maximum atomic E-state index is 13.0. The van der Waals surface area contributed by atoms with Crippen LogP contribution in [0.15, 0.2) is 28.8 Å². The summed E-state index contributed by atoms with van der Waals surface area (Å²) in [5.74, 6) is 1.56. The molecule has 0 unspecified atom stereocenters. The zero-order valence-corrected chi connectivity index (χ0v) is 18.7. The number of fused-ring (bicyclic) bond motifs is 2. The monoisotopic (exact) mass is 423 g/mol. The van der Waals surface area contributed by atoms with Gasteiger partial charge in [-0.15, -0.1) is 0 Å². The van der Waals surface area contributed by atoms with E-state index in [1.807, 2.05) is 18.7 Å². The Labute approximate surface area is 184 Å². The lowest BCUT2D eigenvalue weighted by molar-refractivity contribution is -0.135. The van der Waals surface area contributed by atoms with E-state index in [4.69, 9.17) is 9.26 Å². The second-order valence-electron chi connectivity index (χ2n) is 9.54. The molecule has 166 valence electrons. The van der Waals surface area contributed by atoms with Crippen molar-refractivity contribution in [2.75, 3.05) is 39.4 Å². The number of benzene rings is 1. The van der Waals surface area contributed by atoms with E-state index in [0.29, 0.717) is 25.6 Å². The third kappa shape index (κ3) is 3.92. The number of amides is 1. The van der Waals surface area contributed by atoms with Crippen LogP contribution < -0.4 is 0 Å². The summed E-state index contributed by atoms with van der Waals surface area (Å²) in [6.07, 6.45) is 4.02. The average molecular weight is 424 g/mol. The van der Waals surface area contributed by atoms with Gasteiger partial charge in [0.1, 0.15) is 5.76 Å². The maximum Gasteiger partial charge on any atom is 0.223 e. The third-order valence-corrected chi connectivity index (χ3v) is 7.77. The number of aryl methyl sites for hydroxylation is 2. The van der Waals surface area contributed by atoms with Crippen LogP contribution in [0.4, 0.5) is 0 Å². The summed E-state index contributed by atoms with van der Waals surface area (Å²) in [6, 6.07) is 8.88. The largest absolute Gasteiger partial charge is 0.378 e. The van der Waals surface area contributed by atoms with Gasteiger partial charge in [0.25, 0.3) is 0 Å². The molecule has 1 aromatic heterocycles. The molecule has 2 fully saturated rings. The van der Waals surface area contributed by atoms with Gasteiger partial charge >= 0.3 is 0 Å². The second kappa shape index (κ2) is 8.40. The molecule has 5 rings (SSSR count). The summed E-state index contributed by atoms with van der Waals surface area (Å²) in [5.41, 5.74) is 5.35. The smallest absolute Gasteiger partial charge is 0.223 e. The molecule has 1 atom stereocenters. The molecule has 0 bridgehead atoms. The Bertz CT molecular complexity index is 920. The summed E-state index contributed by atoms with van der Waals surface area (Å²) in [7, 11) is 0. The van der Waals surface area contributed by atoms with Crippen LogP contribution >= 0.6 is 0 Å². The van der Waals surface area contributed by atoms with E-state index in [1.54, 1.807) is 0 Å². The molecule has 0 radical (unpaired) electrons. The molecule has 2 saturated heterocycles. The highest BCUT2D eigenvalue weighted by molar-refractivity contribution is 5.77. The van der Waals surface area contributed by atoms with Gasteiger partial charge in [0.05, 0.1) is 18.9 Å². The van der Waals surface area contributed by atoms with Crippen LogP contribution in [0.1, 0.15) is 59.7 Å². The molecule has 6 nitrogen and oxygen atoms in total. The van der Waals surface area contributed by atoms with Crippen molar-refractivity contribution < 1.29 is 14.1 Å². The van der Waals surface area contributed by atoms with Crippen molar-refractivity contribution in [3.63, 3.8) is 0 Å². The number of morpholine rings is 1. The first-order chi connectivity index (χ1) is 15.1. The Morgan fingerprint density at radius 2 is 1.87 bits per heavy atom. The van der Waals surface area contributed by atoms with Crippen molar-refractivity contribution in [3.8, 4) is 0 Å². The molecule has 31 heavy (non-hydrogen) atoms. The van der Waals surface area contributed by atoms with E-state index in [9.17, 15) is 4.79 Å². The molecule has 3 aliphatic rings. The van der Waals surface area contributed by atoms with Crippen molar-refractivity contribution in [1.82, 2.24) is 15.0 Å². The van der Waals surface area contributed by atoms with Crippen LogP contribution in [0.3, 0.4) is 0 Å². The van der Waals surface area contributed by atoms with Gasteiger partial charge in [-0.05, 0) is 68.7 Å². The van der Waals surface area contributed by atoms with Crippen molar-refractivity contribution in [2.45, 2.75) is 57.4 Å². The lowest BCUT2D eigenvalue weighted by Gasteiger charge is -2.40. The van der Waals surface area contributed by atoms with Crippen LogP contribution in [0.5, 0.6) is 0 Å². The molecule has 0 N–H and O–H groups in total. The Morgan fingerprint density at radius 3 is 2.58 bits per heavy atom. The van der Waals surface area contributed by atoms with Gasteiger partial charge in [0.2, 0.25) is 5.91 Å². The first-order valence-electron chi connectivity index (χ1n) is 11.6. The van der Waals surface area contributed by atoms with E-state index in [-0.39, 0.29) is 11.3 Å². The van der Waals surface area contributed by atoms with Crippen LogP contribution in [-0.2, 0) is 21.5 Å². The number of hydrogen-bond acceptors (Lipinski definition) is 5. The van der Waals surface area contributed by atoms with E-state index < -0.39 is 0 Å². The highest BCUT2D eigenvalue weighted by Crippen LogP contribution is 2.52. The molecular formula is C25H33N3O3. The number of ether oxygens (including phenoxy) is 1. The molecule has 1 aromatic carbocycles. The molecule has 2 aliphatic heterocycles. The van der Waals surface area contributed by atoms with Gasteiger partial charge in [0, 0.05) is 31.6 Å². The molecule has 6 heteroatoms. The van der Waals surface area contributed by atoms with E-state index in [1.165, 1.54) is 16.7 Å². The van der Waals surface area contributed by atoms with Crippen molar-refractivity contribution >= 4 is 5.91 Å². The van der Waals surface area contributed by atoms with Gasteiger partial charge < -0.3 is 14.2 Å². The van der Waals surface area contributed by atoms with Gasteiger partial charge in [-0.1, -0.05) is 29.4 Å². The first kappa shape index (κ1) is 20.7. The Morgan fingerprint density at radius 1 is 1.13 bits per heavy atom. The van der Waals surface area contributed by atoms with E-state index in [2.05, 4.69) is 34.3 Å². The number of aromatic nitrogens is 1. The second-order valence-corrected chi connectivity index (χ2v) is 9.54. The van der Waals surface area contributed by atoms with E-state index >= 15 is 0 Å². The number of nitrogens with zero attached hydrogens (tertiary/aromatic N) is 3. The lowest BCUT2D eigenvalue weighted by atomic mass is 9.73. The molecule has 3 heterocycles. The quantitative estimate of drug-likeness (QED) is 0.753. The fourth-order valence-electron chi connectivity index (χ4n) is 5.93. The molecule has 1 spiro atoms. The number of carbonyl (C=O) groups excluding carboxylic acids is 1. The normalized spacial score (nSPS) is 23.3. The standard InChI is InChI=1S/C25H33N3O3/c1-18-22(19(2)31-26-18)17-27-9-7-25(8-10-27)16-20(21-5-3-4-6-23(21)25)15-24(29)28-11-13-30-14-12-28/h3-6,20H,7-17H2,1-2H3/t20-/m1/s1. The number of piperidine rings is 1. The zero-order valence-electron chi connectivity index (χ0n) is 18.7. The first-order valence-corrected chi connectivity index (χ1v) is 11.6. The summed E-state index contributed by atoms with van der Waals surface area (Å²) in [5, 5.41) is 4.11. The molecule has 1 amide bonds. The topological polar surface area (TPSA) is 58.8 Å². The lowest BCUT2D eigenvalue weighted by Crippen LogP contribution is -2.42. The summed E-state index contributed by atoms with van der Waals surface area (Å²) in [4.78, 5) is 17.5. The minimum absolute atomic E-state index is 0.210. The average Bonchev–Trinajstić information content (AvgIpc) is 3.28. The Balaban J connectivity index is 1.28. The van der Waals surface area contributed by atoms with Gasteiger partial charge in [-0.2, -0.15) is 0 Å². The highest BCUT2D eigenvalue weighted by atomic mass is 16.5. The predicted molar refractivity (Wildman–Crippen MR) is 118 cm³/mol. The Hall–Kier alpha value is -2.18. The van der Waals surface area contributed by atoms with Crippen molar-refractivity contribution in [2.24, 2.45) is 0 Å². The Kier molecular flexibility index (Phi) is 5.61. The SMILES string of the molecule is Cc1noc(C)c1CN1CCC2(CC1)C[C@@H](CC(=O)N1CCOCC1)c1ccccc12. The maximum absolute atomic E-state index is 13.0. The van der Waals surface area contributed by atoms with Gasteiger partial charge in [-0.3, -0.25) is 9.69 Å². The number of carbonyl (C=O) groups is 1. The number of hydrogen-bond donors (Lipinski definition) is 0. The number of likely N-dealkylation sites (tertiary alicyclic amines) is 1. The summed E-state index contributed by atoms with van der Waals surface area (Å²) < 4.78 is 10.8. The highest BCUT2D eigenvalue weighted by Gasteiger charge is 2.46. The fraction of sp³-hybridized carbons (Fsp3) is 0.600. The van der Waals surface area contributed by atoms with Crippen molar-refractivity contribution in [3.05, 3.63) is 52.4 Å². The van der Waals surface area contributed by atoms with Crippen LogP contribution in [0.2, 0.25) is 0 Å². The van der Waals surface area contributed by atoms with Crippen LogP contribution in [0, 0.1) is 13.8 Å².